The van der Waals surface area contributed by atoms with Crippen LogP contribution in [0.3, 0.4) is 0 Å². The summed E-state index contributed by atoms with van der Waals surface area (Å²) in [7, 11) is 0. The molecule has 138 valence electrons. The Labute approximate surface area is 165 Å². The van der Waals surface area contributed by atoms with Gasteiger partial charge in [-0.2, -0.15) is 0 Å². The minimum atomic E-state index is 1.32. The average Bonchev–Trinajstić information content (AvgIpc) is 2.73. The first-order chi connectivity index (χ1) is 13.2. The Kier molecular flexibility index (Phi) is 12.3. The van der Waals surface area contributed by atoms with Crippen molar-refractivity contribution in [2.45, 2.75) is 20.8 Å². The van der Waals surface area contributed by atoms with Crippen molar-refractivity contribution in [1.82, 2.24) is 0 Å². The molecular weight excluding hydrogens is 324 g/mol. The first-order valence-electron chi connectivity index (χ1n) is 9.23. The smallest absolute Gasteiger partial charge is 0.0398 e. The third-order valence-electron chi connectivity index (χ3n) is 3.49. The number of benzene rings is 4. The summed E-state index contributed by atoms with van der Waals surface area (Å²) in [6, 6.07) is 42.8. The summed E-state index contributed by atoms with van der Waals surface area (Å²) < 4.78 is 0. The standard InChI is InChI=1S/3C7H8.C6H6/c3*1-7-5-3-2-4-6-7;1-2-4-6-5-3-1/h3*2-6H,1H3;1-6H. The van der Waals surface area contributed by atoms with E-state index >= 15 is 0 Å². The van der Waals surface area contributed by atoms with E-state index < -0.39 is 0 Å². The third kappa shape index (κ3) is 13.8. The highest BCUT2D eigenvalue weighted by atomic mass is 13.8. The fourth-order valence-corrected chi connectivity index (χ4v) is 1.99. The summed E-state index contributed by atoms with van der Waals surface area (Å²) in [5.74, 6) is 0. The molecule has 0 radical (unpaired) electrons. The molecule has 0 heteroatoms. The van der Waals surface area contributed by atoms with Gasteiger partial charge in [-0.25, -0.2) is 0 Å². The van der Waals surface area contributed by atoms with Crippen molar-refractivity contribution >= 4 is 0 Å². The van der Waals surface area contributed by atoms with Crippen LogP contribution >= 0.6 is 0 Å². The van der Waals surface area contributed by atoms with Crippen molar-refractivity contribution < 1.29 is 0 Å². The molecule has 0 saturated heterocycles. The van der Waals surface area contributed by atoms with E-state index in [0.29, 0.717) is 0 Å². The van der Waals surface area contributed by atoms with Gasteiger partial charge >= 0.3 is 0 Å². The topological polar surface area (TPSA) is 0 Å². The van der Waals surface area contributed by atoms with Gasteiger partial charge in [0, 0.05) is 0 Å². The van der Waals surface area contributed by atoms with E-state index in [1.165, 1.54) is 16.7 Å². The Morgan fingerprint density at radius 3 is 0.519 bits per heavy atom. The van der Waals surface area contributed by atoms with E-state index in [2.05, 4.69) is 57.2 Å². The molecule has 4 rings (SSSR count). The van der Waals surface area contributed by atoms with Crippen molar-refractivity contribution in [2.24, 2.45) is 0 Å². The molecule has 0 spiro atoms. The van der Waals surface area contributed by atoms with Crippen molar-refractivity contribution in [1.29, 1.82) is 0 Å². The summed E-state index contributed by atoms with van der Waals surface area (Å²) in [6.45, 7) is 6.25. The van der Waals surface area contributed by atoms with Crippen molar-refractivity contribution in [2.75, 3.05) is 0 Å². The maximum atomic E-state index is 2.08. The molecule has 0 aliphatic carbocycles. The van der Waals surface area contributed by atoms with Crippen molar-refractivity contribution in [3.63, 3.8) is 0 Å². The predicted molar refractivity (Wildman–Crippen MR) is 120 cm³/mol. The molecule has 0 atom stereocenters. The van der Waals surface area contributed by atoms with Crippen molar-refractivity contribution in [3.8, 4) is 0 Å². The van der Waals surface area contributed by atoms with E-state index in [4.69, 9.17) is 0 Å². The van der Waals surface area contributed by atoms with Gasteiger partial charge in [-0.1, -0.05) is 144 Å². The van der Waals surface area contributed by atoms with E-state index in [0.717, 1.165) is 0 Å². The minimum absolute atomic E-state index is 1.32. The first kappa shape index (κ1) is 21.9. The van der Waals surface area contributed by atoms with Crippen molar-refractivity contribution in [3.05, 3.63) is 144 Å². The highest BCUT2D eigenvalue weighted by Crippen LogP contribution is 1.93. The van der Waals surface area contributed by atoms with E-state index in [9.17, 15) is 0 Å². The van der Waals surface area contributed by atoms with Crippen LogP contribution in [0.15, 0.2) is 127 Å². The molecule has 4 aromatic carbocycles. The monoisotopic (exact) mass is 354 g/mol. The second-order valence-electron chi connectivity index (χ2n) is 6.12. The molecule has 27 heavy (non-hydrogen) atoms. The van der Waals surface area contributed by atoms with Crippen LogP contribution in [-0.4, -0.2) is 0 Å². The van der Waals surface area contributed by atoms with Gasteiger partial charge in [-0.15, -0.1) is 0 Å². The van der Waals surface area contributed by atoms with E-state index in [1.807, 2.05) is 91.0 Å². The number of aryl methyl sites for hydroxylation is 3. The Morgan fingerprint density at radius 1 is 0.259 bits per heavy atom. The molecule has 0 aliphatic heterocycles. The fraction of sp³-hybridized carbons (Fsp3) is 0.111. The Bertz CT molecular complexity index is 660. The minimum Gasteiger partial charge on any atom is -0.0623 e. The Hall–Kier alpha value is -3.12. The molecule has 0 saturated carbocycles. The number of rotatable bonds is 0. The maximum absolute atomic E-state index is 2.08. The first-order valence-corrected chi connectivity index (χ1v) is 9.23. The molecule has 0 N–H and O–H groups in total. The third-order valence-corrected chi connectivity index (χ3v) is 3.49. The molecular formula is C27H30. The summed E-state index contributed by atoms with van der Waals surface area (Å²) in [5, 5.41) is 0. The van der Waals surface area contributed by atoms with Gasteiger partial charge < -0.3 is 0 Å². The highest BCUT2D eigenvalue weighted by Gasteiger charge is 1.73. The molecule has 4 aromatic rings. The molecule has 0 amide bonds. The van der Waals surface area contributed by atoms with Gasteiger partial charge in [0.2, 0.25) is 0 Å². The van der Waals surface area contributed by atoms with Crippen LogP contribution in [-0.2, 0) is 0 Å². The molecule has 0 fully saturated rings. The summed E-state index contributed by atoms with van der Waals surface area (Å²) in [6.07, 6.45) is 0. The van der Waals surface area contributed by atoms with Crippen LogP contribution in [0.4, 0.5) is 0 Å². The highest BCUT2D eigenvalue weighted by molar-refractivity contribution is 5.13. The van der Waals surface area contributed by atoms with Gasteiger partial charge in [0.1, 0.15) is 0 Å². The van der Waals surface area contributed by atoms with Crippen LogP contribution in [0.2, 0.25) is 0 Å². The summed E-state index contributed by atoms with van der Waals surface area (Å²) >= 11 is 0. The summed E-state index contributed by atoms with van der Waals surface area (Å²) in [5.41, 5.74) is 3.97. The van der Waals surface area contributed by atoms with E-state index in [-0.39, 0.29) is 0 Å². The number of hydrogen-bond acceptors (Lipinski definition) is 0. The van der Waals surface area contributed by atoms with Gasteiger partial charge in [-0.3, -0.25) is 0 Å². The fourth-order valence-electron chi connectivity index (χ4n) is 1.99. The Morgan fingerprint density at radius 2 is 0.407 bits per heavy atom. The quantitative estimate of drug-likeness (QED) is 0.304. The number of hydrogen-bond donors (Lipinski definition) is 0. The lowest BCUT2D eigenvalue weighted by molar-refractivity contribution is 1.48. The van der Waals surface area contributed by atoms with Crippen LogP contribution < -0.4 is 0 Å². The molecule has 0 aromatic heterocycles. The zero-order valence-electron chi connectivity index (χ0n) is 16.6. The van der Waals surface area contributed by atoms with E-state index in [1.54, 1.807) is 0 Å². The van der Waals surface area contributed by atoms with Gasteiger partial charge in [0.15, 0.2) is 0 Å². The predicted octanol–water partition coefficient (Wildman–Crippen LogP) is 7.67. The lowest BCUT2D eigenvalue weighted by Crippen LogP contribution is -1.62. The maximum Gasteiger partial charge on any atom is -0.0398 e. The van der Waals surface area contributed by atoms with Gasteiger partial charge in [-0.05, 0) is 20.8 Å². The van der Waals surface area contributed by atoms with Gasteiger partial charge in [0.05, 0.1) is 0 Å². The summed E-state index contributed by atoms with van der Waals surface area (Å²) in [4.78, 5) is 0. The largest absolute Gasteiger partial charge is 0.0623 e. The molecule has 0 nitrogen and oxygen atoms in total. The average molecular weight is 355 g/mol. The van der Waals surface area contributed by atoms with Gasteiger partial charge in [0.25, 0.3) is 0 Å². The van der Waals surface area contributed by atoms with Crippen LogP contribution in [0.1, 0.15) is 16.7 Å². The van der Waals surface area contributed by atoms with Crippen LogP contribution in [0.25, 0.3) is 0 Å². The normalized spacial score (nSPS) is 8.56. The SMILES string of the molecule is Cc1ccccc1.Cc1ccccc1.Cc1ccccc1.c1ccccc1. The molecule has 0 heterocycles. The zero-order chi connectivity index (χ0) is 19.6. The molecule has 0 bridgehead atoms. The van der Waals surface area contributed by atoms with Crippen LogP contribution in [0.5, 0.6) is 0 Å². The van der Waals surface area contributed by atoms with Crippen LogP contribution in [0, 0.1) is 20.8 Å². The molecule has 0 unspecified atom stereocenters. The lowest BCUT2D eigenvalue weighted by atomic mass is 10.2. The zero-order valence-corrected chi connectivity index (χ0v) is 16.6. The second kappa shape index (κ2) is 15.2. The Balaban J connectivity index is 0.000000180. The molecule has 0 aliphatic rings. The lowest BCUT2D eigenvalue weighted by Gasteiger charge is -1.82. The second-order valence-corrected chi connectivity index (χ2v) is 6.12.